The fourth-order valence-corrected chi connectivity index (χ4v) is 2.93. The minimum Gasteiger partial charge on any atom is -0.495 e. The van der Waals surface area contributed by atoms with Gasteiger partial charge in [-0.3, -0.25) is 9.36 Å². The van der Waals surface area contributed by atoms with Crippen molar-refractivity contribution in [3.05, 3.63) is 65.7 Å². The van der Waals surface area contributed by atoms with Crippen molar-refractivity contribution in [2.24, 2.45) is 0 Å². The van der Waals surface area contributed by atoms with Gasteiger partial charge in [0.25, 0.3) is 5.91 Å². The van der Waals surface area contributed by atoms with Crippen molar-refractivity contribution < 1.29 is 14.3 Å². The van der Waals surface area contributed by atoms with Crippen LogP contribution in [0.15, 0.2) is 48.8 Å². The Morgan fingerprint density at radius 2 is 2.12 bits per heavy atom. The second-order valence-electron chi connectivity index (χ2n) is 5.82. The van der Waals surface area contributed by atoms with Crippen LogP contribution in [0.25, 0.3) is 5.69 Å². The van der Waals surface area contributed by atoms with Crippen LogP contribution in [-0.4, -0.2) is 22.6 Å². The maximum atomic E-state index is 12.7. The van der Waals surface area contributed by atoms with E-state index in [0.29, 0.717) is 23.7 Å². The maximum absolute atomic E-state index is 12.7. The molecule has 0 radical (unpaired) electrons. The van der Waals surface area contributed by atoms with Crippen LogP contribution in [0.1, 0.15) is 21.7 Å². The number of amides is 1. The molecule has 6 nitrogen and oxygen atoms in total. The van der Waals surface area contributed by atoms with Crippen molar-refractivity contribution in [3.8, 4) is 17.2 Å². The molecule has 0 aliphatic carbocycles. The summed E-state index contributed by atoms with van der Waals surface area (Å²) in [7, 11) is 1.57. The first-order valence-corrected chi connectivity index (χ1v) is 7.92. The summed E-state index contributed by atoms with van der Waals surface area (Å²) < 4.78 is 13.0. The van der Waals surface area contributed by atoms with Gasteiger partial charge in [-0.2, -0.15) is 0 Å². The second kappa shape index (κ2) is 5.98. The number of hydrogen-bond acceptors (Lipinski definition) is 4. The fourth-order valence-electron chi connectivity index (χ4n) is 2.93. The van der Waals surface area contributed by atoms with E-state index in [2.05, 4.69) is 10.3 Å². The predicted molar refractivity (Wildman–Crippen MR) is 93.6 cm³/mol. The molecule has 1 amide bonds. The van der Waals surface area contributed by atoms with E-state index in [-0.39, 0.29) is 5.91 Å². The minimum absolute atomic E-state index is 0.291. The van der Waals surface area contributed by atoms with Crippen molar-refractivity contribution in [1.82, 2.24) is 9.55 Å². The molecule has 0 unspecified atom stereocenters. The molecule has 6 heteroatoms. The highest BCUT2D eigenvalue weighted by Crippen LogP contribution is 2.31. The molecule has 2 heterocycles. The molecule has 126 valence electrons. The zero-order valence-corrected chi connectivity index (χ0v) is 13.9. The van der Waals surface area contributed by atoms with E-state index in [9.17, 15) is 4.79 Å². The number of aryl methyl sites for hydroxylation is 1. The molecular formula is C19H17N3O3. The number of rotatable bonds is 3. The van der Waals surface area contributed by atoms with Gasteiger partial charge in [0.1, 0.15) is 24.4 Å². The summed E-state index contributed by atoms with van der Waals surface area (Å²) in [5.41, 5.74) is 3.59. The SMILES string of the molecule is COc1ccc(C)cc1NC(=O)c1ncn2c1COc1ccccc1-2. The van der Waals surface area contributed by atoms with Crippen LogP contribution in [0.3, 0.4) is 0 Å². The Bertz CT molecular complexity index is 962. The molecule has 0 atom stereocenters. The molecule has 2 aromatic carbocycles. The summed E-state index contributed by atoms with van der Waals surface area (Å²) in [5.74, 6) is 1.09. The maximum Gasteiger partial charge on any atom is 0.276 e. The van der Waals surface area contributed by atoms with Gasteiger partial charge in [0, 0.05) is 0 Å². The summed E-state index contributed by atoms with van der Waals surface area (Å²) in [4.78, 5) is 17.0. The van der Waals surface area contributed by atoms with Crippen molar-refractivity contribution >= 4 is 11.6 Å². The monoisotopic (exact) mass is 335 g/mol. The molecule has 25 heavy (non-hydrogen) atoms. The lowest BCUT2D eigenvalue weighted by atomic mass is 10.2. The molecular weight excluding hydrogens is 318 g/mol. The van der Waals surface area contributed by atoms with E-state index in [1.54, 1.807) is 13.4 Å². The Balaban J connectivity index is 1.68. The number of para-hydroxylation sites is 2. The van der Waals surface area contributed by atoms with Gasteiger partial charge in [-0.15, -0.1) is 0 Å². The predicted octanol–water partition coefficient (Wildman–Crippen LogP) is 3.33. The topological polar surface area (TPSA) is 65.4 Å². The summed E-state index contributed by atoms with van der Waals surface area (Å²) >= 11 is 0. The normalized spacial score (nSPS) is 11.9. The number of carbonyl (C=O) groups is 1. The lowest BCUT2D eigenvalue weighted by molar-refractivity contribution is 0.101. The van der Waals surface area contributed by atoms with Crippen molar-refractivity contribution in [2.45, 2.75) is 13.5 Å². The summed E-state index contributed by atoms with van der Waals surface area (Å²) in [6, 6.07) is 13.3. The molecule has 1 N–H and O–H groups in total. The van der Waals surface area contributed by atoms with Crippen LogP contribution >= 0.6 is 0 Å². The third-order valence-electron chi connectivity index (χ3n) is 4.17. The minimum atomic E-state index is -0.291. The number of anilines is 1. The van der Waals surface area contributed by atoms with Crippen LogP contribution in [0, 0.1) is 6.92 Å². The summed E-state index contributed by atoms with van der Waals surface area (Å²) in [6.45, 7) is 2.25. The van der Waals surface area contributed by atoms with E-state index in [4.69, 9.17) is 9.47 Å². The number of fused-ring (bicyclic) bond motifs is 3. The van der Waals surface area contributed by atoms with Crippen LogP contribution in [0.5, 0.6) is 11.5 Å². The molecule has 0 spiro atoms. The van der Waals surface area contributed by atoms with Gasteiger partial charge in [0.15, 0.2) is 5.69 Å². The Labute approximate surface area is 145 Å². The van der Waals surface area contributed by atoms with Crippen LogP contribution < -0.4 is 14.8 Å². The van der Waals surface area contributed by atoms with Crippen molar-refractivity contribution in [2.75, 3.05) is 12.4 Å². The van der Waals surface area contributed by atoms with Gasteiger partial charge in [-0.25, -0.2) is 4.98 Å². The lowest BCUT2D eigenvalue weighted by Gasteiger charge is -2.20. The zero-order valence-electron chi connectivity index (χ0n) is 13.9. The molecule has 1 aliphatic rings. The van der Waals surface area contributed by atoms with Crippen molar-refractivity contribution in [3.63, 3.8) is 0 Å². The number of benzene rings is 2. The third kappa shape index (κ3) is 2.61. The Morgan fingerprint density at radius 3 is 2.96 bits per heavy atom. The number of carbonyl (C=O) groups excluding carboxylic acids is 1. The van der Waals surface area contributed by atoms with Crippen molar-refractivity contribution in [1.29, 1.82) is 0 Å². The second-order valence-corrected chi connectivity index (χ2v) is 5.82. The van der Waals surface area contributed by atoms with Gasteiger partial charge < -0.3 is 14.8 Å². The third-order valence-corrected chi connectivity index (χ3v) is 4.17. The number of ether oxygens (including phenoxy) is 2. The van der Waals surface area contributed by atoms with E-state index in [1.807, 2.05) is 54.0 Å². The number of nitrogens with one attached hydrogen (secondary N) is 1. The Kier molecular flexibility index (Phi) is 3.65. The molecule has 1 aromatic heterocycles. The number of aromatic nitrogens is 2. The number of methoxy groups -OCH3 is 1. The first-order chi connectivity index (χ1) is 12.2. The first kappa shape index (κ1) is 15.3. The van der Waals surface area contributed by atoms with E-state index < -0.39 is 0 Å². The van der Waals surface area contributed by atoms with E-state index in [0.717, 1.165) is 22.7 Å². The van der Waals surface area contributed by atoms with E-state index in [1.165, 1.54) is 0 Å². The summed E-state index contributed by atoms with van der Waals surface area (Å²) in [6.07, 6.45) is 1.65. The number of imidazole rings is 1. The van der Waals surface area contributed by atoms with Crippen LogP contribution in [0.4, 0.5) is 5.69 Å². The zero-order chi connectivity index (χ0) is 17.4. The fraction of sp³-hybridized carbons (Fsp3) is 0.158. The molecule has 1 aliphatic heterocycles. The van der Waals surface area contributed by atoms with Crippen LogP contribution in [0.2, 0.25) is 0 Å². The highest BCUT2D eigenvalue weighted by Gasteiger charge is 2.24. The molecule has 3 aromatic rings. The molecule has 0 saturated heterocycles. The highest BCUT2D eigenvalue weighted by atomic mass is 16.5. The first-order valence-electron chi connectivity index (χ1n) is 7.92. The average molecular weight is 335 g/mol. The lowest BCUT2D eigenvalue weighted by Crippen LogP contribution is -2.19. The van der Waals surface area contributed by atoms with Gasteiger partial charge in [0.05, 0.1) is 24.2 Å². The highest BCUT2D eigenvalue weighted by molar-refractivity contribution is 6.04. The Morgan fingerprint density at radius 1 is 1.28 bits per heavy atom. The smallest absolute Gasteiger partial charge is 0.276 e. The number of hydrogen-bond donors (Lipinski definition) is 1. The van der Waals surface area contributed by atoms with E-state index >= 15 is 0 Å². The van der Waals surface area contributed by atoms with Gasteiger partial charge in [0.2, 0.25) is 0 Å². The molecule has 0 fully saturated rings. The summed E-state index contributed by atoms with van der Waals surface area (Å²) in [5, 5.41) is 2.88. The van der Waals surface area contributed by atoms with Gasteiger partial charge in [-0.05, 0) is 36.8 Å². The van der Waals surface area contributed by atoms with Gasteiger partial charge >= 0.3 is 0 Å². The molecule has 4 rings (SSSR count). The Hall–Kier alpha value is -3.28. The van der Waals surface area contributed by atoms with Gasteiger partial charge in [-0.1, -0.05) is 18.2 Å². The van der Waals surface area contributed by atoms with Crippen LogP contribution in [-0.2, 0) is 6.61 Å². The largest absolute Gasteiger partial charge is 0.495 e. The molecule has 0 saturated carbocycles. The number of nitrogens with zero attached hydrogens (tertiary/aromatic N) is 2. The average Bonchev–Trinajstić information content (AvgIpc) is 3.06. The quantitative estimate of drug-likeness (QED) is 0.797. The molecule has 0 bridgehead atoms. The standard InChI is InChI=1S/C19H17N3O3/c1-12-7-8-16(24-2)13(9-12)21-19(23)18-15-10-25-17-6-4-3-5-14(17)22(15)11-20-18/h3-9,11H,10H2,1-2H3,(H,21,23).